The van der Waals surface area contributed by atoms with Gasteiger partial charge in [0, 0.05) is 41.8 Å². The standard InChI is InChI=1S/C33H36N4O4/c1-22-14-23(2)16-25(15-22)19-37-13-12-33(21-37,18-31(38)36-40)35-32(39)26-8-10-28(11-9-26)41-20-27-17-24(3)34-30-7-5-4-6-29(27)30/h4-11,14-17,40H,12-13,18-21H2,1-3H3,(H,35,39)(H,36,38). The molecule has 2 amide bonds. The summed E-state index contributed by atoms with van der Waals surface area (Å²) in [6.45, 7) is 8.45. The molecular weight excluding hydrogens is 516 g/mol. The molecule has 1 aromatic heterocycles. The summed E-state index contributed by atoms with van der Waals surface area (Å²) in [7, 11) is 0. The minimum Gasteiger partial charge on any atom is -0.489 e. The zero-order valence-electron chi connectivity index (χ0n) is 23.7. The average Bonchev–Trinajstić information content (AvgIpc) is 3.32. The van der Waals surface area contributed by atoms with Crippen LogP contribution in [0.15, 0.2) is 72.8 Å². The van der Waals surface area contributed by atoms with Gasteiger partial charge in [-0.2, -0.15) is 0 Å². The summed E-state index contributed by atoms with van der Waals surface area (Å²) in [4.78, 5) is 32.4. The van der Waals surface area contributed by atoms with Crippen LogP contribution in [0.5, 0.6) is 5.75 Å². The second-order valence-corrected chi connectivity index (χ2v) is 11.2. The molecule has 41 heavy (non-hydrogen) atoms. The summed E-state index contributed by atoms with van der Waals surface area (Å²) in [6, 6.07) is 23.5. The highest BCUT2D eigenvalue weighted by atomic mass is 16.5. The van der Waals surface area contributed by atoms with Gasteiger partial charge in [0.2, 0.25) is 5.91 Å². The maximum Gasteiger partial charge on any atom is 0.251 e. The van der Waals surface area contributed by atoms with E-state index < -0.39 is 11.4 Å². The Morgan fingerprint density at radius 1 is 1.00 bits per heavy atom. The third-order valence-corrected chi connectivity index (χ3v) is 7.56. The highest BCUT2D eigenvalue weighted by Gasteiger charge is 2.41. The number of fused-ring (bicyclic) bond motifs is 1. The predicted octanol–water partition coefficient (Wildman–Crippen LogP) is 5.01. The number of likely N-dealkylation sites (tertiary alicyclic amines) is 1. The second-order valence-electron chi connectivity index (χ2n) is 11.2. The Kier molecular flexibility index (Phi) is 8.33. The Morgan fingerprint density at radius 3 is 2.46 bits per heavy atom. The Bertz CT molecular complexity index is 1550. The van der Waals surface area contributed by atoms with Gasteiger partial charge in [0.1, 0.15) is 12.4 Å². The molecule has 1 aliphatic heterocycles. The summed E-state index contributed by atoms with van der Waals surface area (Å²) in [5.41, 5.74) is 7.92. The quantitative estimate of drug-likeness (QED) is 0.199. The number of hydroxylamine groups is 1. The summed E-state index contributed by atoms with van der Waals surface area (Å²) < 4.78 is 6.05. The van der Waals surface area contributed by atoms with E-state index in [1.54, 1.807) is 29.7 Å². The summed E-state index contributed by atoms with van der Waals surface area (Å²) in [5.74, 6) is -0.151. The molecule has 0 bridgehead atoms. The van der Waals surface area contributed by atoms with Crippen molar-refractivity contribution >= 4 is 22.7 Å². The second kappa shape index (κ2) is 12.1. The van der Waals surface area contributed by atoms with Gasteiger partial charge in [-0.25, -0.2) is 5.48 Å². The van der Waals surface area contributed by atoms with Crippen molar-refractivity contribution in [1.82, 2.24) is 20.7 Å². The zero-order valence-corrected chi connectivity index (χ0v) is 23.7. The third kappa shape index (κ3) is 6.90. The van der Waals surface area contributed by atoms with Gasteiger partial charge in [0.15, 0.2) is 0 Å². The topological polar surface area (TPSA) is 104 Å². The van der Waals surface area contributed by atoms with E-state index in [1.165, 1.54) is 16.7 Å². The Morgan fingerprint density at radius 2 is 1.73 bits per heavy atom. The number of hydrogen-bond donors (Lipinski definition) is 3. The molecular formula is C33H36N4O4. The van der Waals surface area contributed by atoms with Gasteiger partial charge in [-0.05, 0) is 69.2 Å². The third-order valence-electron chi connectivity index (χ3n) is 7.56. The number of benzene rings is 3. The van der Waals surface area contributed by atoms with Crippen molar-refractivity contribution < 1.29 is 19.5 Å². The van der Waals surface area contributed by atoms with Crippen LogP contribution < -0.4 is 15.5 Å². The molecule has 8 heteroatoms. The van der Waals surface area contributed by atoms with Gasteiger partial charge in [0.05, 0.1) is 17.5 Å². The number of aryl methyl sites for hydroxylation is 3. The largest absolute Gasteiger partial charge is 0.489 e. The fraction of sp³-hybridized carbons (Fsp3) is 0.303. The molecule has 1 aliphatic rings. The number of nitrogens with one attached hydrogen (secondary N) is 2. The van der Waals surface area contributed by atoms with Crippen LogP contribution in [0.4, 0.5) is 0 Å². The molecule has 0 spiro atoms. The first-order valence-electron chi connectivity index (χ1n) is 13.8. The van der Waals surface area contributed by atoms with E-state index in [1.807, 2.05) is 37.3 Å². The van der Waals surface area contributed by atoms with Crippen molar-refractivity contribution in [2.75, 3.05) is 13.1 Å². The molecule has 0 saturated carbocycles. The van der Waals surface area contributed by atoms with Crippen LogP contribution in [-0.4, -0.2) is 45.5 Å². The smallest absolute Gasteiger partial charge is 0.251 e. The molecule has 3 aromatic carbocycles. The molecule has 0 radical (unpaired) electrons. The fourth-order valence-corrected chi connectivity index (χ4v) is 5.84. The SMILES string of the molecule is Cc1cc(C)cc(CN2CCC(CC(=O)NO)(NC(=O)c3ccc(OCc4cc(C)nc5ccccc45)cc3)C2)c1. The van der Waals surface area contributed by atoms with E-state index in [9.17, 15) is 14.8 Å². The maximum atomic E-state index is 13.3. The molecule has 1 saturated heterocycles. The lowest BCUT2D eigenvalue weighted by molar-refractivity contribution is -0.130. The lowest BCUT2D eigenvalue weighted by Crippen LogP contribution is -2.52. The molecule has 1 unspecified atom stereocenters. The van der Waals surface area contributed by atoms with Crippen LogP contribution in [0.2, 0.25) is 0 Å². The van der Waals surface area contributed by atoms with Crippen molar-refractivity contribution in [3.8, 4) is 5.75 Å². The first-order chi connectivity index (χ1) is 19.7. The number of carbonyl (C=O) groups is 2. The van der Waals surface area contributed by atoms with Crippen molar-refractivity contribution in [3.63, 3.8) is 0 Å². The zero-order chi connectivity index (χ0) is 29.0. The molecule has 0 aliphatic carbocycles. The van der Waals surface area contributed by atoms with Gasteiger partial charge in [-0.15, -0.1) is 0 Å². The molecule has 5 rings (SSSR count). The number of aromatic nitrogens is 1. The molecule has 2 heterocycles. The fourth-order valence-electron chi connectivity index (χ4n) is 5.84. The number of hydrogen-bond acceptors (Lipinski definition) is 6. The van der Waals surface area contributed by atoms with Gasteiger partial charge in [-0.3, -0.25) is 24.7 Å². The highest BCUT2D eigenvalue weighted by molar-refractivity contribution is 5.95. The van der Waals surface area contributed by atoms with Gasteiger partial charge >= 0.3 is 0 Å². The number of pyridine rings is 1. The summed E-state index contributed by atoms with van der Waals surface area (Å²) >= 11 is 0. The Hall–Kier alpha value is -4.27. The van der Waals surface area contributed by atoms with Crippen molar-refractivity contribution in [1.29, 1.82) is 0 Å². The van der Waals surface area contributed by atoms with Gasteiger partial charge in [-0.1, -0.05) is 47.5 Å². The number of amides is 2. The van der Waals surface area contributed by atoms with Gasteiger partial charge < -0.3 is 10.1 Å². The summed E-state index contributed by atoms with van der Waals surface area (Å²) in [5, 5.41) is 13.4. The van der Waals surface area contributed by atoms with Crippen LogP contribution in [0.25, 0.3) is 10.9 Å². The van der Waals surface area contributed by atoms with E-state index in [4.69, 9.17) is 4.74 Å². The average molecular weight is 553 g/mol. The van der Waals surface area contributed by atoms with Crippen LogP contribution in [0.3, 0.4) is 0 Å². The first kappa shape index (κ1) is 28.3. The molecule has 1 atom stereocenters. The Balaban J connectivity index is 1.25. The molecule has 1 fully saturated rings. The van der Waals surface area contributed by atoms with Crippen LogP contribution in [0, 0.1) is 20.8 Å². The van der Waals surface area contributed by atoms with E-state index in [2.05, 4.69) is 47.2 Å². The predicted molar refractivity (Wildman–Crippen MR) is 158 cm³/mol. The molecule has 8 nitrogen and oxygen atoms in total. The van der Waals surface area contributed by atoms with E-state index in [-0.39, 0.29) is 12.3 Å². The molecule has 4 aromatic rings. The van der Waals surface area contributed by atoms with Crippen molar-refractivity contribution in [3.05, 3.63) is 106 Å². The minimum atomic E-state index is -0.793. The highest BCUT2D eigenvalue weighted by Crippen LogP contribution is 2.28. The number of para-hydroxylation sites is 1. The molecule has 3 N–H and O–H groups in total. The van der Waals surface area contributed by atoms with E-state index >= 15 is 0 Å². The normalized spacial score (nSPS) is 17.0. The van der Waals surface area contributed by atoms with E-state index in [0.717, 1.165) is 35.2 Å². The summed E-state index contributed by atoms with van der Waals surface area (Å²) in [6.07, 6.45) is 0.580. The Labute approximate surface area is 240 Å². The van der Waals surface area contributed by atoms with Crippen LogP contribution in [0.1, 0.15) is 51.1 Å². The number of ether oxygens (including phenoxy) is 1. The van der Waals surface area contributed by atoms with Crippen LogP contribution in [-0.2, 0) is 17.9 Å². The van der Waals surface area contributed by atoms with E-state index in [0.29, 0.717) is 30.9 Å². The van der Waals surface area contributed by atoms with Crippen LogP contribution >= 0.6 is 0 Å². The first-order valence-corrected chi connectivity index (χ1v) is 13.8. The molecule has 212 valence electrons. The monoisotopic (exact) mass is 552 g/mol. The number of rotatable bonds is 9. The van der Waals surface area contributed by atoms with Crippen molar-refractivity contribution in [2.45, 2.75) is 52.3 Å². The van der Waals surface area contributed by atoms with Crippen molar-refractivity contribution in [2.24, 2.45) is 0 Å². The minimum absolute atomic E-state index is 0.0148. The lowest BCUT2D eigenvalue weighted by atomic mass is 9.93. The number of carbonyl (C=O) groups excluding carboxylic acids is 2. The number of nitrogens with zero attached hydrogens (tertiary/aromatic N) is 2. The lowest BCUT2D eigenvalue weighted by Gasteiger charge is -2.30. The maximum absolute atomic E-state index is 13.3. The van der Waals surface area contributed by atoms with Gasteiger partial charge in [0.25, 0.3) is 5.91 Å².